The van der Waals surface area contributed by atoms with Gasteiger partial charge in [0.15, 0.2) is 0 Å². The molecular weight excluding hydrogens is 290 g/mol. The van der Waals surface area contributed by atoms with Gasteiger partial charge in [-0.25, -0.2) is 0 Å². The van der Waals surface area contributed by atoms with Crippen molar-refractivity contribution >= 4 is 17.5 Å². The van der Waals surface area contributed by atoms with Crippen LogP contribution in [-0.4, -0.2) is 22.8 Å². The van der Waals surface area contributed by atoms with Crippen LogP contribution in [0.4, 0.5) is 5.69 Å². The molecule has 2 aliphatic heterocycles. The standard InChI is InChI=1S/C18H21N3O2/c1-12-10-18(2,3)11-15-20-14(9-16(22)21(12)15)17(23)19-13-7-5-4-6-8-13/h4-8,10-11,14,20H,9H2,1-3H3,(H,19,23)/t14-/m1/s1. The van der Waals surface area contributed by atoms with Crippen LogP contribution in [0.25, 0.3) is 0 Å². The molecule has 0 unspecified atom stereocenters. The SMILES string of the molecule is CC1=CC(C)(C)C=C2N[C@@H](C(=O)Nc3ccccc3)CC(=O)N12. The Balaban J connectivity index is 1.78. The van der Waals surface area contributed by atoms with Gasteiger partial charge in [0, 0.05) is 16.8 Å². The fourth-order valence-corrected chi connectivity index (χ4v) is 3.09. The number of hydrogen-bond acceptors (Lipinski definition) is 3. The molecule has 1 atom stereocenters. The first-order valence-electron chi connectivity index (χ1n) is 7.73. The number of nitrogens with zero attached hydrogens (tertiary/aromatic N) is 1. The van der Waals surface area contributed by atoms with E-state index < -0.39 is 6.04 Å². The molecule has 0 spiro atoms. The molecule has 5 nitrogen and oxygen atoms in total. The van der Waals surface area contributed by atoms with Gasteiger partial charge in [0.2, 0.25) is 11.8 Å². The van der Waals surface area contributed by atoms with Gasteiger partial charge < -0.3 is 10.6 Å². The highest BCUT2D eigenvalue weighted by molar-refractivity contribution is 5.99. The third-order valence-electron chi connectivity index (χ3n) is 3.99. The van der Waals surface area contributed by atoms with Crippen LogP contribution >= 0.6 is 0 Å². The maximum absolute atomic E-state index is 12.4. The normalized spacial score (nSPS) is 22.5. The Kier molecular flexibility index (Phi) is 3.72. The summed E-state index contributed by atoms with van der Waals surface area (Å²) in [6.45, 7) is 6.06. The molecule has 0 aliphatic carbocycles. The number of nitrogens with one attached hydrogen (secondary N) is 2. The van der Waals surface area contributed by atoms with Crippen LogP contribution in [0.1, 0.15) is 27.2 Å². The summed E-state index contributed by atoms with van der Waals surface area (Å²) in [6, 6.07) is 8.69. The topological polar surface area (TPSA) is 61.4 Å². The zero-order chi connectivity index (χ0) is 16.6. The molecule has 0 radical (unpaired) electrons. The molecule has 2 N–H and O–H groups in total. The Bertz CT molecular complexity index is 704. The van der Waals surface area contributed by atoms with Gasteiger partial charge in [-0.15, -0.1) is 0 Å². The molecule has 2 heterocycles. The lowest BCUT2D eigenvalue weighted by molar-refractivity contribution is -0.133. The van der Waals surface area contributed by atoms with Crippen LogP contribution in [0, 0.1) is 5.41 Å². The summed E-state index contributed by atoms with van der Waals surface area (Å²) in [4.78, 5) is 26.5. The predicted molar refractivity (Wildman–Crippen MR) is 89.1 cm³/mol. The quantitative estimate of drug-likeness (QED) is 0.882. The minimum Gasteiger partial charge on any atom is -0.359 e. The Hall–Kier alpha value is -2.56. The number of hydrogen-bond donors (Lipinski definition) is 2. The maximum atomic E-state index is 12.4. The molecule has 1 aromatic rings. The van der Waals surface area contributed by atoms with E-state index in [9.17, 15) is 9.59 Å². The van der Waals surface area contributed by atoms with Gasteiger partial charge in [0.1, 0.15) is 11.9 Å². The number of allylic oxidation sites excluding steroid dienone is 3. The van der Waals surface area contributed by atoms with Crippen molar-refractivity contribution < 1.29 is 9.59 Å². The molecule has 1 aromatic carbocycles. The molecule has 3 rings (SSSR count). The number of amides is 2. The van der Waals surface area contributed by atoms with Crippen LogP contribution < -0.4 is 10.6 Å². The third-order valence-corrected chi connectivity index (χ3v) is 3.99. The second kappa shape index (κ2) is 5.57. The van der Waals surface area contributed by atoms with Crippen molar-refractivity contribution in [1.82, 2.24) is 10.2 Å². The second-order valence-electron chi connectivity index (χ2n) is 6.62. The Morgan fingerprint density at radius 3 is 2.65 bits per heavy atom. The van der Waals surface area contributed by atoms with Crippen LogP contribution in [-0.2, 0) is 9.59 Å². The number of fused-ring (bicyclic) bond motifs is 1. The summed E-state index contributed by atoms with van der Waals surface area (Å²) >= 11 is 0. The van der Waals surface area contributed by atoms with E-state index in [1.54, 1.807) is 4.90 Å². The van der Waals surface area contributed by atoms with Crippen LogP contribution in [0.15, 0.2) is 54.0 Å². The molecule has 2 aliphatic rings. The van der Waals surface area contributed by atoms with Crippen LogP contribution in [0.3, 0.4) is 0 Å². The molecule has 0 bridgehead atoms. The first-order valence-corrected chi connectivity index (χ1v) is 7.73. The van der Waals surface area contributed by atoms with E-state index in [2.05, 4.69) is 30.6 Å². The van der Waals surface area contributed by atoms with Crippen molar-refractivity contribution in [2.45, 2.75) is 33.2 Å². The predicted octanol–water partition coefficient (Wildman–Crippen LogP) is 2.60. The number of carbonyl (C=O) groups is 2. The van der Waals surface area contributed by atoms with Gasteiger partial charge >= 0.3 is 0 Å². The summed E-state index contributed by atoms with van der Waals surface area (Å²) in [5.74, 6) is 0.432. The highest BCUT2D eigenvalue weighted by Crippen LogP contribution is 2.33. The lowest BCUT2D eigenvalue weighted by Gasteiger charge is -2.40. The fraction of sp³-hybridized carbons (Fsp3) is 0.333. The Morgan fingerprint density at radius 1 is 1.26 bits per heavy atom. The zero-order valence-electron chi connectivity index (χ0n) is 13.6. The average molecular weight is 311 g/mol. The van der Waals surface area contributed by atoms with Crippen LogP contribution in [0.2, 0.25) is 0 Å². The summed E-state index contributed by atoms with van der Waals surface area (Å²) in [5.41, 5.74) is 1.47. The number of benzene rings is 1. The fourth-order valence-electron chi connectivity index (χ4n) is 3.09. The van der Waals surface area contributed by atoms with Gasteiger partial charge in [-0.3, -0.25) is 14.5 Å². The molecule has 23 heavy (non-hydrogen) atoms. The second-order valence-corrected chi connectivity index (χ2v) is 6.62. The van der Waals surface area contributed by atoms with Crippen molar-refractivity contribution in [1.29, 1.82) is 0 Å². The molecule has 120 valence electrons. The van der Waals surface area contributed by atoms with E-state index in [1.165, 1.54) is 0 Å². The maximum Gasteiger partial charge on any atom is 0.247 e. The summed E-state index contributed by atoms with van der Waals surface area (Å²) in [6.07, 6.45) is 4.18. The van der Waals surface area contributed by atoms with Gasteiger partial charge in [-0.1, -0.05) is 38.1 Å². The highest BCUT2D eigenvalue weighted by Gasteiger charge is 2.37. The number of rotatable bonds is 2. The van der Waals surface area contributed by atoms with Gasteiger partial charge in [-0.2, -0.15) is 0 Å². The van der Waals surface area contributed by atoms with Gasteiger partial charge in [-0.05, 0) is 25.1 Å². The van der Waals surface area contributed by atoms with E-state index in [0.29, 0.717) is 5.82 Å². The molecule has 0 aromatic heterocycles. The molecule has 0 saturated carbocycles. The van der Waals surface area contributed by atoms with Crippen molar-refractivity contribution in [3.05, 3.63) is 54.0 Å². The van der Waals surface area contributed by atoms with Crippen molar-refractivity contribution in [3.63, 3.8) is 0 Å². The molecule has 1 saturated heterocycles. The monoisotopic (exact) mass is 311 g/mol. The molecule has 2 amide bonds. The van der Waals surface area contributed by atoms with E-state index in [1.807, 2.05) is 43.3 Å². The zero-order valence-corrected chi connectivity index (χ0v) is 13.6. The van der Waals surface area contributed by atoms with Crippen molar-refractivity contribution in [2.24, 2.45) is 5.41 Å². The molecule has 1 fully saturated rings. The first kappa shape index (κ1) is 15.3. The van der Waals surface area contributed by atoms with E-state index in [4.69, 9.17) is 0 Å². The lowest BCUT2D eigenvalue weighted by atomic mass is 9.88. The molecular formula is C18H21N3O2. The van der Waals surface area contributed by atoms with Crippen LogP contribution in [0.5, 0.6) is 0 Å². The number of para-hydroxylation sites is 1. The smallest absolute Gasteiger partial charge is 0.247 e. The summed E-state index contributed by atoms with van der Waals surface area (Å²) < 4.78 is 0. The minimum atomic E-state index is -0.563. The van der Waals surface area contributed by atoms with E-state index in [0.717, 1.165) is 11.4 Å². The third kappa shape index (κ3) is 3.13. The van der Waals surface area contributed by atoms with E-state index in [-0.39, 0.29) is 23.7 Å². The first-order chi connectivity index (χ1) is 10.9. The lowest BCUT2D eigenvalue weighted by Crippen LogP contribution is -2.54. The van der Waals surface area contributed by atoms with E-state index >= 15 is 0 Å². The van der Waals surface area contributed by atoms with Gasteiger partial charge in [0.05, 0.1) is 6.42 Å². The summed E-state index contributed by atoms with van der Waals surface area (Å²) in [7, 11) is 0. The number of anilines is 1. The Morgan fingerprint density at radius 2 is 1.96 bits per heavy atom. The van der Waals surface area contributed by atoms with Gasteiger partial charge in [0.25, 0.3) is 0 Å². The Labute approximate surface area is 136 Å². The average Bonchev–Trinajstić information content (AvgIpc) is 2.45. The van der Waals surface area contributed by atoms with Crippen molar-refractivity contribution in [3.8, 4) is 0 Å². The largest absolute Gasteiger partial charge is 0.359 e. The van der Waals surface area contributed by atoms with Crippen molar-refractivity contribution in [2.75, 3.05) is 5.32 Å². The molecule has 5 heteroatoms. The minimum absolute atomic E-state index is 0.0625. The highest BCUT2D eigenvalue weighted by atomic mass is 16.2. The number of carbonyl (C=O) groups excluding carboxylic acids is 2. The summed E-state index contributed by atoms with van der Waals surface area (Å²) in [5, 5.41) is 6.05.